The standard InChI is InChI=1S/C19H20Cl2N2O2/c20-16-10-15(11-17(21)12-16)19(24)22-18(14-4-2-1-3-5-14)13-23-6-8-25-9-7-23/h1-5,10-12,18H,6-9,13H2,(H,22,24)/t18-/m1/s1. The maximum Gasteiger partial charge on any atom is 0.251 e. The Morgan fingerprint density at radius 2 is 1.72 bits per heavy atom. The lowest BCUT2D eigenvalue weighted by Gasteiger charge is -2.31. The summed E-state index contributed by atoms with van der Waals surface area (Å²) in [5.41, 5.74) is 1.52. The molecule has 2 aromatic rings. The Bertz CT molecular complexity index is 698. The first-order valence-corrected chi connectivity index (χ1v) is 8.99. The van der Waals surface area contributed by atoms with Crippen molar-refractivity contribution in [1.29, 1.82) is 0 Å². The zero-order valence-corrected chi connectivity index (χ0v) is 15.3. The molecule has 1 saturated heterocycles. The van der Waals surface area contributed by atoms with Gasteiger partial charge in [0.05, 0.1) is 19.3 Å². The minimum absolute atomic E-state index is 0.121. The van der Waals surface area contributed by atoms with E-state index in [9.17, 15) is 4.79 Å². The Morgan fingerprint density at radius 3 is 2.36 bits per heavy atom. The molecule has 0 aromatic heterocycles. The Hall–Kier alpha value is -1.59. The third kappa shape index (κ3) is 5.19. The lowest BCUT2D eigenvalue weighted by Crippen LogP contribution is -2.43. The molecule has 0 bridgehead atoms. The zero-order valence-electron chi connectivity index (χ0n) is 13.8. The first-order chi connectivity index (χ1) is 12.1. The van der Waals surface area contributed by atoms with Crippen LogP contribution >= 0.6 is 23.2 Å². The number of halogens is 2. The van der Waals surface area contributed by atoms with Gasteiger partial charge in [0.25, 0.3) is 5.91 Å². The van der Waals surface area contributed by atoms with E-state index in [1.54, 1.807) is 18.2 Å². The van der Waals surface area contributed by atoms with E-state index in [2.05, 4.69) is 10.2 Å². The van der Waals surface area contributed by atoms with Gasteiger partial charge in [-0.3, -0.25) is 9.69 Å². The number of rotatable bonds is 5. The van der Waals surface area contributed by atoms with Gasteiger partial charge in [-0.2, -0.15) is 0 Å². The summed E-state index contributed by atoms with van der Waals surface area (Å²) in [6.45, 7) is 3.90. The van der Waals surface area contributed by atoms with Crippen LogP contribution < -0.4 is 5.32 Å². The fraction of sp³-hybridized carbons (Fsp3) is 0.316. The smallest absolute Gasteiger partial charge is 0.251 e. The number of hydrogen-bond donors (Lipinski definition) is 1. The average Bonchev–Trinajstić information content (AvgIpc) is 2.62. The van der Waals surface area contributed by atoms with E-state index >= 15 is 0 Å². The molecule has 1 aliphatic rings. The van der Waals surface area contributed by atoms with Gasteiger partial charge >= 0.3 is 0 Å². The lowest BCUT2D eigenvalue weighted by molar-refractivity contribution is 0.0332. The number of nitrogens with one attached hydrogen (secondary N) is 1. The minimum Gasteiger partial charge on any atom is -0.379 e. The number of amides is 1. The van der Waals surface area contributed by atoms with Crippen molar-refractivity contribution in [2.24, 2.45) is 0 Å². The van der Waals surface area contributed by atoms with Crippen LogP contribution in [0.25, 0.3) is 0 Å². The lowest BCUT2D eigenvalue weighted by atomic mass is 10.1. The van der Waals surface area contributed by atoms with Crippen molar-refractivity contribution in [3.05, 3.63) is 69.7 Å². The van der Waals surface area contributed by atoms with E-state index < -0.39 is 0 Å². The first kappa shape index (κ1) is 18.2. The number of benzene rings is 2. The predicted octanol–water partition coefficient (Wildman–Crippen LogP) is 3.80. The molecule has 1 heterocycles. The third-order valence-corrected chi connectivity index (χ3v) is 4.61. The Labute approximate surface area is 157 Å². The van der Waals surface area contributed by atoms with E-state index in [1.807, 2.05) is 30.3 Å². The Morgan fingerprint density at radius 1 is 1.08 bits per heavy atom. The van der Waals surface area contributed by atoms with Crippen LogP contribution in [0.4, 0.5) is 0 Å². The molecular weight excluding hydrogens is 359 g/mol. The molecule has 0 aliphatic carbocycles. The fourth-order valence-corrected chi connectivity index (χ4v) is 3.41. The molecule has 2 aromatic carbocycles. The molecule has 6 heteroatoms. The van der Waals surface area contributed by atoms with Crippen molar-refractivity contribution in [3.8, 4) is 0 Å². The highest BCUT2D eigenvalue weighted by Gasteiger charge is 2.21. The van der Waals surface area contributed by atoms with Crippen molar-refractivity contribution in [2.75, 3.05) is 32.8 Å². The summed E-state index contributed by atoms with van der Waals surface area (Å²) in [5.74, 6) is -0.188. The molecule has 1 amide bonds. The van der Waals surface area contributed by atoms with Crippen LogP contribution in [0.5, 0.6) is 0 Å². The van der Waals surface area contributed by atoms with Crippen LogP contribution in [0.15, 0.2) is 48.5 Å². The number of hydrogen-bond acceptors (Lipinski definition) is 3. The van der Waals surface area contributed by atoms with E-state index in [1.165, 1.54) is 0 Å². The number of nitrogens with zero attached hydrogens (tertiary/aromatic N) is 1. The maximum absolute atomic E-state index is 12.7. The zero-order chi connectivity index (χ0) is 17.6. The van der Waals surface area contributed by atoms with E-state index in [-0.39, 0.29) is 11.9 Å². The van der Waals surface area contributed by atoms with Gasteiger partial charge in [0, 0.05) is 35.2 Å². The maximum atomic E-state index is 12.7. The topological polar surface area (TPSA) is 41.6 Å². The van der Waals surface area contributed by atoms with Gasteiger partial charge in [0.1, 0.15) is 0 Å². The van der Waals surface area contributed by atoms with Gasteiger partial charge in [-0.1, -0.05) is 53.5 Å². The summed E-state index contributed by atoms with van der Waals surface area (Å²) in [7, 11) is 0. The van der Waals surface area contributed by atoms with Gasteiger partial charge in [-0.05, 0) is 23.8 Å². The second-order valence-corrected chi connectivity index (χ2v) is 6.88. The average molecular weight is 379 g/mol. The second-order valence-electron chi connectivity index (χ2n) is 6.01. The van der Waals surface area contributed by atoms with Crippen molar-refractivity contribution < 1.29 is 9.53 Å². The molecule has 0 unspecified atom stereocenters. The normalized spacial score (nSPS) is 16.4. The van der Waals surface area contributed by atoms with Crippen molar-refractivity contribution in [1.82, 2.24) is 10.2 Å². The molecule has 0 spiro atoms. The quantitative estimate of drug-likeness (QED) is 0.860. The van der Waals surface area contributed by atoms with Crippen LogP contribution in [0.3, 0.4) is 0 Å². The van der Waals surface area contributed by atoms with Crippen LogP contribution in [-0.2, 0) is 4.74 Å². The number of morpholine rings is 1. The molecule has 1 fully saturated rings. The van der Waals surface area contributed by atoms with Crippen LogP contribution in [-0.4, -0.2) is 43.7 Å². The van der Waals surface area contributed by atoms with Crippen molar-refractivity contribution in [2.45, 2.75) is 6.04 Å². The molecule has 0 radical (unpaired) electrons. The summed E-state index contributed by atoms with van der Waals surface area (Å²) in [6, 6.07) is 14.7. The summed E-state index contributed by atoms with van der Waals surface area (Å²) < 4.78 is 5.41. The van der Waals surface area contributed by atoms with Gasteiger partial charge < -0.3 is 10.1 Å². The third-order valence-electron chi connectivity index (χ3n) is 4.18. The van der Waals surface area contributed by atoms with Crippen LogP contribution in [0.1, 0.15) is 22.0 Å². The molecular formula is C19H20Cl2N2O2. The molecule has 4 nitrogen and oxygen atoms in total. The fourth-order valence-electron chi connectivity index (χ4n) is 2.89. The molecule has 1 N–H and O–H groups in total. The Balaban J connectivity index is 1.77. The summed E-state index contributed by atoms with van der Waals surface area (Å²) >= 11 is 12.0. The molecule has 3 rings (SSSR count). The number of ether oxygens (including phenoxy) is 1. The van der Waals surface area contributed by atoms with Gasteiger partial charge in [0.2, 0.25) is 0 Å². The summed E-state index contributed by atoms with van der Waals surface area (Å²) in [5, 5.41) is 4.01. The van der Waals surface area contributed by atoms with Crippen LogP contribution in [0.2, 0.25) is 10.0 Å². The molecule has 1 atom stereocenters. The second kappa shape index (κ2) is 8.68. The largest absolute Gasteiger partial charge is 0.379 e. The summed E-state index contributed by atoms with van der Waals surface area (Å²) in [6.07, 6.45) is 0. The monoisotopic (exact) mass is 378 g/mol. The molecule has 1 aliphatic heterocycles. The van der Waals surface area contributed by atoms with Crippen LogP contribution in [0, 0.1) is 0 Å². The minimum atomic E-state index is -0.188. The highest BCUT2D eigenvalue weighted by atomic mass is 35.5. The summed E-state index contributed by atoms with van der Waals surface area (Å²) in [4.78, 5) is 15.0. The van der Waals surface area contributed by atoms with Gasteiger partial charge in [-0.25, -0.2) is 0 Å². The molecule has 132 valence electrons. The van der Waals surface area contributed by atoms with Gasteiger partial charge in [-0.15, -0.1) is 0 Å². The van der Waals surface area contributed by atoms with Gasteiger partial charge in [0.15, 0.2) is 0 Å². The highest BCUT2D eigenvalue weighted by Crippen LogP contribution is 2.21. The highest BCUT2D eigenvalue weighted by molar-refractivity contribution is 6.35. The first-order valence-electron chi connectivity index (χ1n) is 8.24. The number of carbonyl (C=O) groups excluding carboxylic acids is 1. The van der Waals surface area contributed by atoms with E-state index in [0.717, 1.165) is 38.4 Å². The molecule has 0 saturated carbocycles. The van der Waals surface area contributed by atoms with Crippen molar-refractivity contribution in [3.63, 3.8) is 0 Å². The molecule has 25 heavy (non-hydrogen) atoms. The predicted molar refractivity (Wildman–Crippen MR) is 100 cm³/mol. The SMILES string of the molecule is O=C(N[C@H](CN1CCOCC1)c1ccccc1)c1cc(Cl)cc(Cl)c1. The van der Waals surface area contributed by atoms with E-state index in [4.69, 9.17) is 27.9 Å². The van der Waals surface area contributed by atoms with E-state index in [0.29, 0.717) is 15.6 Å². The Kier molecular flexibility index (Phi) is 6.32. The van der Waals surface area contributed by atoms with Crippen molar-refractivity contribution >= 4 is 29.1 Å². The number of carbonyl (C=O) groups is 1.